The monoisotopic (exact) mass is 224 g/mol. The van der Waals surface area contributed by atoms with Gasteiger partial charge in [0.05, 0.1) is 0 Å². The molecule has 0 saturated heterocycles. The van der Waals surface area contributed by atoms with Crippen LogP contribution in [0, 0.1) is 5.82 Å². The van der Waals surface area contributed by atoms with Crippen molar-refractivity contribution < 1.29 is 4.39 Å². The maximum absolute atomic E-state index is 13.6. The van der Waals surface area contributed by atoms with Gasteiger partial charge in [0.1, 0.15) is 5.82 Å². The molecule has 0 spiro atoms. The first kappa shape index (κ1) is 13.0. The number of nitrogens with zero attached hydrogens (tertiary/aromatic N) is 1. The Morgan fingerprint density at radius 1 is 1.38 bits per heavy atom. The summed E-state index contributed by atoms with van der Waals surface area (Å²) >= 11 is 0. The van der Waals surface area contributed by atoms with Crippen LogP contribution in [0.3, 0.4) is 0 Å². The quantitative estimate of drug-likeness (QED) is 0.779. The van der Waals surface area contributed by atoms with E-state index in [1.54, 1.807) is 12.1 Å². The van der Waals surface area contributed by atoms with Crippen molar-refractivity contribution in [2.24, 2.45) is 0 Å². The van der Waals surface area contributed by atoms with Crippen LogP contribution in [0.4, 0.5) is 10.1 Å². The van der Waals surface area contributed by atoms with E-state index in [1.165, 1.54) is 6.07 Å². The Balaban J connectivity index is 2.84. The molecule has 0 aliphatic rings. The fourth-order valence-electron chi connectivity index (χ4n) is 1.75. The van der Waals surface area contributed by atoms with Gasteiger partial charge in [-0.05, 0) is 38.9 Å². The van der Waals surface area contributed by atoms with E-state index in [9.17, 15) is 4.39 Å². The van der Waals surface area contributed by atoms with Crippen LogP contribution in [0.5, 0.6) is 0 Å². The van der Waals surface area contributed by atoms with Gasteiger partial charge in [0.25, 0.3) is 0 Å². The SMILES string of the molecule is CCCN(Cc1c(N)cccc1F)C(C)C. The highest BCUT2D eigenvalue weighted by Crippen LogP contribution is 2.19. The lowest BCUT2D eigenvalue weighted by Gasteiger charge is -2.26. The van der Waals surface area contributed by atoms with E-state index in [-0.39, 0.29) is 5.82 Å². The molecule has 0 atom stereocenters. The Morgan fingerprint density at radius 3 is 2.56 bits per heavy atom. The predicted octanol–water partition coefficient (Wildman–Crippen LogP) is 3.03. The van der Waals surface area contributed by atoms with Crippen LogP contribution < -0.4 is 5.73 Å². The first-order valence-corrected chi connectivity index (χ1v) is 5.83. The molecule has 0 heterocycles. The Hall–Kier alpha value is -1.09. The third kappa shape index (κ3) is 3.20. The molecule has 2 nitrogen and oxygen atoms in total. The molecule has 3 heteroatoms. The van der Waals surface area contributed by atoms with E-state index in [4.69, 9.17) is 5.73 Å². The number of hydrogen-bond acceptors (Lipinski definition) is 2. The average Bonchev–Trinajstić information content (AvgIpc) is 2.21. The van der Waals surface area contributed by atoms with Gasteiger partial charge < -0.3 is 5.73 Å². The van der Waals surface area contributed by atoms with Crippen molar-refractivity contribution in [2.45, 2.75) is 39.8 Å². The van der Waals surface area contributed by atoms with E-state index in [2.05, 4.69) is 25.7 Å². The summed E-state index contributed by atoms with van der Waals surface area (Å²) in [5.41, 5.74) is 6.96. The molecular weight excluding hydrogens is 203 g/mol. The topological polar surface area (TPSA) is 29.3 Å². The lowest BCUT2D eigenvalue weighted by atomic mass is 10.1. The largest absolute Gasteiger partial charge is 0.398 e. The number of halogens is 1. The predicted molar refractivity (Wildman–Crippen MR) is 66.6 cm³/mol. The molecular formula is C13H21FN2. The van der Waals surface area contributed by atoms with Crippen molar-refractivity contribution in [3.05, 3.63) is 29.6 Å². The zero-order valence-electron chi connectivity index (χ0n) is 10.3. The fourth-order valence-corrected chi connectivity index (χ4v) is 1.75. The van der Waals surface area contributed by atoms with Crippen molar-refractivity contribution in [2.75, 3.05) is 12.3 Å². The summed E-state index contributed by atoms with van der Waals surface area (Å²) < 4.78 is 13.6. The summed E-state index contributed by atoms with van der Waals surface area (Å²) in [6.45, 7) is 7.91. The van der Waals surface area contributed by atoms with Crippen molar-refractivity contribution in [1.82, 2.24) is 4.90 Å². The lowest BCUT2D eigenvalue weighted by molar-refractivity contribution is 0.211. The molecule has 0 radical (unpaired) electrons. The van der Waals surface area contributed by atoms with Gasteiger partial charge >= 0.3 is 0 Å². The van der Waals surface area contributed by atoms with E-state index < -0.39 is 0 Å². The summed E-state index contributed by atoms with van der Waals surface area (Å²) in [5.74, 6) is -0.207. The lowest BCUT2D eigenvalue weighted by Crippen LogP contribution is -2.31. The number of hydrogen-bond donors (Lipinski definition) is 1. The number of rotatable bonds is 5. The second-order valence-corrected chi connectivity index (χ2v) is 4.37. The second kappa shape index (κ2) is 5.85. The molecule has 0 aromatic heterocycles. The van der Waals surface area contributed by atoms with Crippen LogP contribution >= 0.6 is 0 Å². The average molecular weight is 224 g/mol. The second-order valence-electron chi connectivity index (χ2n) is 4.37. The van der Waals surface area contributed by atoms with Gasteiger partial charge in [0, 0.05) is 23.8 Å². The Kier molecular flexibility index (Phi) is 4.74. The van der Waals surface area contributed by atoms with E-state index in [1.807, 2.05) is 0 Å². The van der Waals surface area contributed by atoms with Crippen molar-refractivity contribution >= 4 is 5.69 Å². The van der Waals surface area contributed by atoms with Crippen LogP contribution in [0.1, 0.15) is 32.8 Å². The maximum Gasteiger partial charge on any atom is 0.129 e. The molecule has 1 aromatic rings. The van der Waals surface area contributed by atoms with Crippen LogP contribution in [0.2, 0.25) is 0 Å². The van der Waals surface area contributed by atoms with E-state index in [0.717, 1.165) is 13.0 Å². The molecule has 0 saturated carbocycles. The number of nitrogens with two attached hydrogens (primary N) is 1. The highest BCUT2D eigenvalue weighted by atomic mass is 19.1. The number of benzene rings is 1. The summed E-state index contributed by atoms with van der Waals surface area (Å²) in [7, 11) is 0. The minimum atomic E-state index is -0.207. The minimum Gasteiger partial charge on any atom is -0.398 e. The molecule has 1 rings (SSSR count). The van der Waals surface area contributed by atoms with Crippen molar-refractivity contribution in [3.63, 3.8) is 0 Å². The van der Waals surface area contributed by atoms with E-state index in [0.29, 0.717) is 23.8 Å². The Morgan fingerprint density at radius 2 is 2.06 bits per heavy atom. The molecule has 0 unspecified atom stereocenters. The molecule has 1 aromatic carbocycles. The Bertz CT molecular complexity index is 316. The van der Waals surface area contributed by atoms with Gasteiger partial charge in [-0.15, -0.1) is 0 Å². The van der Waals surface area contributed by atoms with Gasteiger partial charge in [-0.3, -0.25) is 4.90 Å². The summed E-state index contributed by atoms with van der Waals surface area (Å²) in [5, 5.41) is 0. The van der Waals surface area contributed by atoms with Crippen LogP contribution in [0.25, 0.3) is 0 Å². The fraction of sp³-hybridized carbons (Fsp3) is 0.538. The zero-order valence-corrected chi connectivity index (χ0v) is 10.3. The van der Waals surface area contributed by atoms with Gasteiger partial charge in [0.15, 0.2) is 0 Å². The third-order valence-electron chi connectivity index (χ3n) is 2.76. The molecule has 0 aliphatic heterocycles. The molecule has 2 N–H and O–H groups in total. The molecule has 0 fully saturated rings. The van der Waals surface area contributed by atoms with Gasteiger partial charge in [0.2, 0.25) is 0 Å². The zero-order chi connectivity index (χ0) is 12.1. The molecule has 0 amide bonds. The van der Waals surface area contributed by atoms with Gasteiger partial charge in [-0.2, -0.15) is 0 Å². The summed E-state index contributed by atoms with van der Waals surface area (Å²) in [6.07, 6.45) is 1.06. The van der Waals surface area contributed by atoms with Crippen LogP contribution in [0.15, 0.2) is 18.2 Å². The summed E-state index contributed by atoms with van der Waals surface area (Å²) in [6, 6.07) is 5.27. The van der Waals surface area contributed by atoms with E-state index >= 15 is 0 Å². The smallest absolute Gasteiger partial charge is 0.129 e. The number of nitrogen functional groups attached to an aromatic ring is 1. The first-order chi connectivity index (χ1) is 7.56. The minimum absolute atomic E-state index is 0.207. The van der Waals surface area contributed by atoms with Gasteiger partial charge in [-0.25, -0.2) is 4.39 Å². The number of anilines is 1. The standard InChI is InChI=1S/C13H21FN2/c1-4-8-16(10(2)3)9-11-12(14)6-5-7-13(11)15/h5-7,10H,4,8-9,15H2,1-3H3. The van der Waals surface area contributed by atoms with Gasteiger partial charge in [-0.1, -0.05) is 13.0 Å². The molecule has 16 heavy (non-hydrogen) atoms. The Labute approximate surface area is 97.3 Å². The third-order valence-corrected chi connectivity index (χ3v) is 2.76. The maximum atomic E-state index is 13.6. The molecule has 90 valence electrons. The molecule has 0 bridgehead atoms. The molecule has 0 aliphatic carbocycles. The summed E-state index contributed by atoms with van der Waals surface area (Å²) in [4.78, 5) is 2.23. The first-order valence-electron chi connectivity index (χ1n) is 5.83. The van der Waals surface area contributed by atoms with Crippen molar-refractivity contribution in [1.29, 1.82) is 0 Å². The highest BCUT2D eigenvalue weighted by Gasteiger charge is 2.13. The highest BCUT2D eigenvalue weighted by molar-refractivity contribution is 5.47. The van der Waals surface area contributed by atoms with Crippen LogP contribution in [-0.4, -0.2) is 17.5 Å². The normalized spacial score (nSPS) is 11.4. The van der Waals surface area contributed by atoms with Crippen LogP contribution in [-0.2, 0) is 6.54 Å². The van der Waals surface area contributed by atoms with Crippen molar-refractivity contribution in [3.8, 4) is 0 Å².